The van der Waals surface area contributed by atoms with Crippen molar-refractivity contribution in [3.8, 4) is 0 Å². The van der Waals surface area contributed by atoms with Gasteiger partial charge >= 0.3 is 5.97 Å². The van der Waals surface area contributed by atoms with Crippen molar-refractivity contribution in [2.45, 2.75) is 47.0 Å². The Labute approximate surface area is 81.7 Å². The van der Waals surface area contributed by atoms with Crippen LogP contribution in [0.15, 0.2) is 0 Å². The van der Waals surface area contributed by atoms with E-state index in [4.69, 9.17) is 4.74 Å². The molecule has 0 amide bonds. The van der Waals surface area contributed by atoms with Crippen molar-refractivity contribution >= 4 is 5.97 Å². The number of hydrogen-bond acceptors (Lipinski definition) is 2. The van der Waals surface area contributed by atoms with Crippen molar-refractivity contribution < 1.29 is 9.53 Å². The quantitative estimate of drug-likeness (QED) is 0.471. The highest BCUT2D eigenvalue weighted by atomic mass is 16.5. The van der Waals surface area contributed by atoms with Crippen LogP contribution in [0.2, 0.25) is 0 Å². The molecule has 0 fully saturated rings. The third-order valence-electron chi connectivity index (χ3n) is 2.02. The molecule has 0 radical (unpaired) electrons. The largest absolute Gasteiger partial charge is 0.466 e. The molecular weight excluding hydrogens is 164 g/mol. The average Bonchev–Trinajstić information content (AvgIpc) is 1.96. The van der Waals surface area contributed by atoms with E-state index >= 15 is 0 Å². The molecule has 0 aliphatic rings. The number of carbonyl (C=O) groups excluding carboxylic acids is 1. The molecule has 0 saturated heterocycles. The Morgan fingerprint density at radius 3 is 2.38 bits per heavy atom. The van der Waals surface area contributed by atoms with E-state index in [1.165, 1.54) is 13.3 Å². The van der Waals surface area contributed by atoms with E-state index in [1.54, 1.807) is 0 Å². The van der Waals surface area contributed by atoms with Gasteiger partial charge in [0, 0.05) is 6.92 Å². The van der Waals surface area contributed by atoms with Gasteiger partial charge in [0.25, 0.3) is 0 Å². The van der Waals surface area contributed by atoms with Crippen LogP contribution in [-0.2, 0) is 9.53 Å². The first kappa shape index (κ1) is 12.5. The molecule has 0 heterocycles. The molecule has 13 heavy (non-hydrogen) atoms. The number of ether oxygens (including phenoxy) is 1. The summed E-state index contributed by atoms with van der Waals surface area (Å²) in [6.07, 6.45) is 3.42. The lowest BCUT2D eigenvalue weighted by molar-refractivity contribution is -0.141. The first-order valence-corrected chi connectivity index (χ1v) is 5.15. The maximum Gasteiger partial charge on any atom is 0.302 e. The Bertz CT molecular complexity index is 141. The van der Waals surface area contributed by atoms with E-state index in [0.29, 0.717) is 6.61 Å². The van der Waals surface area contributed by atoms with Crippen LogP contribution in [0.1, 0.15) is 47.0 Å². The lowest BCUT2D eigenvalue weighted by Crippen LogP contribution is -2.04. The summed E-state index contributed by atoms with van der Waals surface area (Å²) >= 11 is 0. The van der Waals surface area contributed by atoms with Crippen molar-refractivity contribution in [2.24, 2.45) is 11.8 Å². The second-order valence-electron chi connectivity index (χ2n) is 4.22. The molecular formula is C11H22O2. The molecule has 0 rings (SSSR count). The molecule has 0 aliphatic heterocycles. The molecule has 0 N–H and O–H groups in total. The predicted octanol–water partition coefficient (Wildman–Crippen LogP) is 3.01. The second kappa shape index (κ2) is 6.93. The minimum Gasteiger partial charge on any atom is -0.466 e. The predicted molar refractivity (Wildman–Crippen MR) is 54.5 cm³/mol. The van der Waals surface area contributed by atoms with Gasteiger partial charge in [0.05, 0.1) is 6.61 Å². The Balaban J connectivity index is 3.26. The van der Waals surface area contributed by atoms with Gasteiger partial charge in [-0.3, -0.25) is 4.79 Å². The van der Waals surface area contributed by atoms with Crippen molar-refractivity contribution in [1.82, 2.24) is 0 Å². The van der Waals surface area contributed by atoms with E-state index in [1.807, 2.05) is 0 Å². The number of hydrogen-bond donors (Lipinski definition) is 0. The van der Waals surface area contributed by atoms with Gasteiger partial charge in [-0.25, -0.2) is 0 Å². The van der Waals surface area contributed by atoms with Crippen molar-refractivity contribution in [2.75, 3.05) is 6.61 Å². The van der Waals surface area contributed by atoms with E-state index in [2.05, 4.69) is 20.8 Å². The summed E-state index contributed by atoms with van der Waals surface area (Å²) < 4.78 is 4.86. The topological polar surface area (TPSA) is 26.3 Å². The van der Waals surface area contributed by atoms with Gasteiger partial charge in [0.15, 0.2) is 0 Å². The fourth-order valence-electron chi connectivity index (χ4n) is 1.57. The van der Waals surface area contributed by atoms with E-state index in [-0.39, 0.29) is 5.97 Å². The summed E-state index contributed by atoms with van der Waals surface area (Å²) in [6, 6.07) is 0. The molecule has 0 spiro atoms. The summed E-state index contributed by atoms with van der Waals surface area (Å²) in [4.78, 5) is 10.4. The Kier molecular flexibility index (Phi) is 6.65. The van der Waals surface area contributed by atoms with Gasteiger partial charge in [-0.2, -0.15) is 0 Å². The summed E-state index contributed by atoms with van der Waals surface area (Å²) in [5.74, 6) is 1.34. The molecule has 1 atom stereocenters. The van der Waals surface area contributed by atoms with Gasteiger partial charge in [0.1, 0.15) is 0 Å². The van der Waals surface area contributed by atoms with Gasteiger partial charge in [-0.05, 0) is 31.1 Å². The van der Waals surface area contributed by atoms with Crippen molar-refractivity contribution in [3.63, 3.8) is 0 Å². The van der Waals surface area contributed by atoms with Crippen LogP contribution >= 0.6 is 0 Å². The van der Waals surface area contributed by atoms with Crippen LogP contribution in [-0.4, -0.2) is 12.6 Å². The number of esters is 1. The third kappa shape index (κ3) is 9.38. The van der Waals surface area contributed by atoms with E-state index in [0.717, 1.165) is 24.7 Å². The lowest BCUT2D eigenvalue weighted by Gasteiger charge is -2.13. The van der Waals surface area contributed by atoms with Gasteiger partial charge < -0.3 is 4.74 Å². The normalized spacial score (nSPS) is 13.0. The second-order valence-corrected chi connectivity index (χ2v) is 4.22. The molecule has 0 bridgehead atoms. The summed E-state index contributed by atoms with van der Waals surface area (Å²) in [6.45, 7) is 8.77. The molecule has 0 aromatic rings. The smallest absolute Gasteiger partial charge is 0.302 e. The Hall–Kier alpha value is -0.530. The van der Waals surface area contributed by atoms with Crippen molar-refractivity contribution in [3.05, 3.63) is 0 Å². The maximum absolute atomic E-state index is 10.4. The monoisotopic (exact) mass is 186 g/mol. The molecule has 0 aromatic carbocycles. The van der Waals surface area contributed by atoms with Gasteiger partial charge in [-0.15, -0.1) is 0 Å². The zero-order valence-electron chi connectivity index (χ0n) is 9.30. The first-order chi connectivity index (χ1) is 6.02. The fraction of sp³-hybridized carbons (Fsp3) is 0.909. The minimum atomic E-state index is -0.170. The molecule has 0 aliphatic carbocycles. The molecule has 1 unspecified atom stereocenters. The SMILES string of the molecule is CC(=O)OCCCC(C)CC(C)C. The van der Waals surface area contributed by atoms with Crippen molar-refractivity contribution in [1.29, 1.82) is 0 Å². The summed E-state index contributed by atoms with van der Waals surface area (Å²) in [5, 5.41) is 0. The number of carbonyl (C=O) groups is 1. The highest BCUT2D eigenvalue weighted by Gasteiger charge is 2.04. The van der Waals surface area contributed by atoms with E-state index in [9.17, 15) is 4.79 Å². The van der Waals surface area contributed by atoms with Gasteiger partial charge in [0.2, 0.25) is 0 Å². The summed E-state index contributed by atoms with van der Waals surface area (Å²) in [5.41, 5.74) is 0. The molecule has 2 nitrogen and oxygen atoms in total. The molecule has 78 valence electrons. The number of rotatable bonds is 6. The van der Waals surface area contributed by atoms with Crippen LogP contribution in [0.4, 0.5) is 0 Å². The molecule has 2 heteroatoms. The van der Waals surface area contributed by atoms with Crippen LogP contribution in [0.5, 0.6) is 0 Å². The average molecular weight is 186 g/mol. The van der Waals surface area contributed by atoms with Crippen LogP contribution < -0.4 is 0 Å². The highest BCUT2D eigenvalue weighted by Crippen LogP contribution is 2.15. The van der Waals surface area contributed by atoms with Crippen LogP contribution in [0.3, 0.4) is 0 Å². The zero-order valence-corrected chi connectivity index (χ0v) is 9.30. The maximum atomic E-state index is 10.4. The summed E-state index contributed by atoms with van der Waals surface area (Å²) in [7, 11) is 0. The Morgan fingerprint density at radius 2 is 1.92 bits per heavy atom. The molecule has 0 saturated carbocycles. The van der Waals surface area contributed by atoms with E-state index < -0.39 is 0 Å². The highest BCUT2D eigenvalue weighted by molar-refractivity contribution is 5.65. The molecule has 0 aromatic heterocycles. The minimum absolute atomic E-state index is 0.170. The third-order valence-corrected chi connectivity index (χ3v) is 2.02. The van der Waals surface area contributed by atoms with Crippen LogP contribution in [0.25, 0.3) is 0 Å². The van der Waals surface area contributed by atoms with Gasteiger partial charge in [-0.1, -0.05) is 20.8 Å². The zero-order chi connectivity index (χ0) is 10.3. The standard InChI is InChI=1S/C11H22O2/c1-9(2)8-10(3)6-5-7-13-11(4)12/h9-10H,5-8H2,1-4H3. The lowest BCUT2D eigenvalue weighted by atomic mass is 9.95. The first-order valence-electron chi connectivity index (χ1n) is 5.15. The van der Waals surface area contributed by atoms with Crippen LogP contribution in [0, 0.1) is 11.8 Å². The fourth-order valence-corrected chi connectivity index (χ4v) is 1.57. The Morgan fingerprint density at radius 1 is 1.31 bits per heavy atom.